The topological polar surface area (TPSA) is 72.7 Å². The van der Waals surface area contributed by atoms with Crippen LogP contribution >= 0.6 is 0 Å². The maximum atomic E-state index is 12.3. The molecule has 6 nitrogen and oxygen atoms in total. The summed E-state index contributed by atoms with van der Waals surface area (Å²) in [6.45, 7) is 4.10. The minimum atomic E-state index is -0.443. The molecule has 6 heteroatoms. The van der Waals surface area contributed by atoms with Gasteiger partial charge in [0.1, 0.15) is 11.2 Å². The molecule has 0 aliphatic heterocycles. The molecule has 0 unspecified atom stereocenters. The van der Waals surface area contributed by atoms with E-state index in [9.17, 15) is 9.59 Å². The van der Waals surface area contributed by atoms with Crippen LogP contribution in [0.2, 0.25) is 0 Å². The Morgan fingerprint density at radius 2 is 2.30 bits per heavy atom. The van der Waals surface area contributed by atoms with Gasteiger partial charge in [0, 0.05) is 25.5 Å². The summed E-state index contributed by atoms with van der Waals surface area (Å²) in [6, 6.07) is 3.41. The first-order valence-corrected chi connectivity index (χ1v) is 6.30. The van der Waals surface area contributed by atoms with Gasteiger partial charge in [-0.3, -0.25) is 14.0 Å². The highest BCUT2D eigenvalue weighted by molar-refractivity contribution is 5.93. The van der Waals surface area contributed by atoms with Gasteiger partial charge in [-0.15, -0.1) is 0 Å². The maximum Gasteiger partial charge on any atom is 0.270 e. The van der Waals surface area contributed by atoms with Crippen molar-refractivity contribution in [1.82, 2.24) is 14.7 Å². The molecule has 0 saturated heterocycles. The van der Waals surface area contributed by atoms with Crippen molar-refractivity contribution in [1.29, 1.82) is 0 Å². The summed E-state index contributed by atoms with van der Waals surface area (Å²) in [5.41, 5.74) is 1.17. The summed E-state index contributed by atoms with van der Waals surface area (Å²) in [7, 11) is 1.55. The lowest BCUT2D eigenvalue weighted by Crippen LogP contribution is -2.39. The van der Waals surface area contributed by atoms with Gasteiger partial charge < -0.3 is 10.1 Å². The van der Waals surface area contributed by atoms with Crippen LogP contribution in [0.1, 0.15) is 22.8 Å². The molecule has 2 aromatic heterocycles. The number of methoxy groups -OCH3 is 1. The minimum Gasteiger partial charge on any atom is -0.383 e. The molecule has 0 aliphatic carbocycles. The molecule has 2 aromatic rings. The van der Waals surface area contributed by atoms with Crippen molar-refractivity contribution in [2.75, 3.05) is 13.7 Å². The molecule has 106 valence electrons. The monoisotopic (exact) mass is 275 g/mol. The molecule has 2 rings (SSSR count). The number of hydrogen-bond donors (Lipinski definition) is 1. The van der Waals surface area contributed by atoms with E-state index in [1.807, 2.05) is 6.92 Å². The summed E-state index contributed by atoms with van der Waals surface area (Å²) in [4.78, 5) is 28.4. The number of ether oxygens (including phenoxy) is 1. The van der Waals surface area contributed by atoms with Gasteiger partial charge in [0.15, 0.2) is 0 Å². The molecule has 1 amide bonds. The lowest BCUT2D eigenvalue weighted by Gasteiger charge is -2.12. The van der Waals surface area contributed by atoms with E-state index >= 15 is 0 Å². The molecule has 2 heterocycles. The van der Waals surface area contributed by atoms with Crippen molar-refractivity contribution in [3.63, 3.8) is 0 Å². The Bertz CT molecular complexity index is 694. The van der Waals surface area contributed by atoms with Crippen molar-refractivity contribution >= 4 is 11.6 Å². The van der Waals surface area contributed by atoms with E-state index in [4.69, 9.17) is 4.74 Å². The third-order valence-corrected chi connectivity index (χ3v) is 2.90. The third kappa shape index (κ3) is 2.85. The van der Waals surface area contributed by atoms with Crippen LogP contribution in [0, 0.1) is 6.92 Å². The number of nitrogens with zero attached hydrogens (tertiary/aromatic N) is 2. The zero-order valence-electron chi connectivity index (χ0n) is 11.7. The Balaban J connectivity index is 2.36. The predicted octanol–water partition coefficient (Wildman–Crippen LogP) is 0.768. The van der Waals surface area contributed by atoms with Crippen LogP contribution < -0.4 is 10.9 Å². The van der Waals surface area contributed by atoms with Gasteiger partial charge in [0.2, 0.25) is 0 Å². The average molecular weight is 275 g/mol. The van der Waals surface area contributed by atoms with E-state index in [1.165, 1.54) is 10.6 Å². The SMILES string of the molecule is COC[C@@H](C)NC(=O)c1cnc2cc(C)ccn2c1=O. The van der Waals surface area contributed by atoms with Gasteiger partial charge in [0.05, 0.1) is 6.61 Å². The highest BCUT2D eigenvalue weighted by atomic mass is 16.5. The number of aromatic nitrogens is 2. The smallest absolute Gasteiger partial charge is 0.270 e. The van der Waals surface area contributed by atoms with E-state index in [0.717, 1.165) is 5.56 Å². The number of rotatable bonds is 4. The fraction of sp³-hybridized carbons (Fsp3) is 0.357. The van der Waals surface area contributed by atoms with Crippen LogP contribution in [0.25, 0.3) is 5.65 Å². The van der Waals surface area contributed by atoms with Gasteiger partial charge in [-0.1, -0.05) is 0 Å². The number of amides is 1. The molecule has 0 aliphatic rings. The Morgan fingerprint density at radius 1 is 1.55 bits per heavy atom. The van der Waals surface area contributed by atoms with Crippen molar-refractivity contribution in [3.05, 3.63) is 46.0 Å². The number of carbonyl (C=O) groups excluding carboxylic acids is 1. The van der Waals surface area contributed by atoms with Crippen LogP contribution in [0.5, 0.6) is 0 Å². The molecular formula is C14H17N3O3. The summed E-state index contributed by atoms with van der Waals surface area (Å²) in [5, 5.41) is 2.70. The highest BCUT2D eigenvalue weighted by Crippen LogP contribution is 2.02. The van der Waals surface area contributed by atoms with Gasteiger partial charge >= 0.3 is 0 Å². The fourth-order valence-corrected chi connectivity index (χ4v) is 1.93. The molecule has 20 heavy (non-hydrogen) atoms. The quantitative estimate of drug-likeness (QED) is 0.894. The first-order valence-electron chi connectivity index (χ1n) is 6.30. The summed E-state index contributed by atoms with van der Waals surface area (Å²) in [6.07, 6.45) is 2.93. The summed E-state index contributed by atoms with van der Waals surface area (Å²) < 4.78 is 6.30. The second-order valence-electron chi connectivity index (χ2n) is 4.74. The first-order chi connectivity index (χ1) is 9.52. The van der Waals surface area contributed by atoms with Crippen molar-refractivity contribution in [2.45, 2.75) is 19.9 Å². The van der Waals surface area contributed by atoms with Crippen LogP contribution in [0.15, 0.2) is 29.3 Å². The maximum absolute atomic E-state index is 12.3. The van der Waals surface area contributed by atoms with Crippen molar-refractivity contribution < 1.29 is 9.53 Å². The second-order valence-corrected chi connectivity index (χ2v) is 4.74. The largest absolute Gasteiger partial charge is 0.383 e. The Labute approximate surface area is 116 Å². The molecule has 0 aromatic carbocycles. The Kier molecular flexibility index (Phi) is 4.14. The van der Waals surface area contributed by atoms with Crippen molar-refractivity contribution in [2.24, 2.45) is 0 Å². The molecular weight excluding hydrogens is 258 g/mol. The lowest BCUT2D eigenvalue weighted by molar-refractivity contribution is 0.0903. The number of fused-ring (bicyclic) bond motifs is 1. The van der Waals surface area contributed by atoms with Gasteiger partial charge in [0.25, 0.3) is 11.5 Å². The second kappa shape index (κ2) is 5.83. The average Bonchev–Trinajstić information content (AvgIpc) is 2.38. The van der Waals surface area contributed by atoms with E-state index in [1.54, 1.807) is 32.4 Å². The van der Waals surface area contributed by atoms with Crippen LogP contribution in [0.3, 0.4) is 0 Å². The molecule has 0 radical (unpaired) electrons. The van der Waals surface area contributed by atoms with Crippen LogP contribution in [-0.2, 0) is 4.74 Å². The Morgan fingerprint density at radius 3 is 3.00 bits per heavy atom. The lowest BCUT2D eigenvalue weighted by atomic mass is 10.2. The molecule has 1 N–H and O–H groups in total. The number of carbonyl (C=O) groups is 1. The number of nitrogens with one attached hydrogen (secondary N) is 1. The van der Waals surface area contributed by atoms with E-state index < -0.39 is 5.91 Å². The van der Waals surface area contributed by atoms with Gasteiger partial charge in [-0.2, -0.15) is 0 Å². The minimum absolute atomic E-state index is 0.0225. The van der Waals surface area contributed by atoms with Gasteiger partial charge in [-0.05, 0) is 31.5 Å². The third-order valence-electron chi connectivity index (χ3n) is 2.90. The molecule has 0 spiro atoms. The number of pyridine rings is 1. The zero-order valence-corrected chi connectivity index (χ0v) is 11.7. The van der Waals surface area contributed by atoms with E-state index in [0.29, 0.717) is 12.3 Å². The van der Waals surface area contributed by atoms with Crippen molar-refractivity contribution in [3.8, 4) is 0 Å². The van der Waals surface area contributed by atoms with Crippen LogP contribution in [0.4, 0.5) is 0 Å². The molecule has 0 fully saturated rings. The molecule has 0 saturated carbocycles. The zero-order chi connectivity index (χ0) is 14.7. The predicted molar refractivity (Wildman–Crippen MR) is 75.0 cm³/mol. The summed E-state index contributed by atoms with van der Waals surface area (Å²) >= 11 is 0. The van der Waals surface area contributed by atoms with Gasteiger partial charge in [-0.25, -0.2) is 4.98 Å². The van der Waals surface area contributed by atoms with E-state index in [2.05, 4.69) is 10.3 Å². The molecule has 1 atom stereocenters. The summed E-state index contributed by atoms with van der Waals surface area (Å²) in [5.74, 6) is -0.443. The number of aryl methyl sites for hydroxylation is 1. The fourth-order valence-electron chi connectivity index (χ4n) is 1.93. The first kappa shape index (κ1) is 14.2. The standard InChI is InChI=1S/C14H17N3O3/c1-9-4-5-17-12(6-9)15-7-11(14(17)19)13(18)16-10(2)8-20-3/h4-7,10H,8H2,1-3H3,(H,16,18)/t10-/m1/s1. The highest BCUT2D eigenvalue weighted by Gasteiger charge is 2.15. The van der Waals surface area contributed by atoms with Crippen LogP contribution in [-0.4, -0.2) is 35.1 Å². The normalized spacial score (nSPS) is 12.3. The Hall–Kier alpha value is -2.21. The van der Waals surface area contributed by atoms with E-state index in [-0.39, 0.29) is 17.2 Å². The number of hydrogen-bond acceptors (Lipinski definition) is 4. The molecule has 0 bridgehead atoms.